The Hall–Kier alpha value is -2.56. The smallest absolute Gasteiger partial charge is 0.323 e. The SMILES string of the molecule is CCn1cccc1C(=O)N(CC(=O)O)c1ccccc1. The molecule has 2 rings (SSSR count). The molecule has 20 heavy (non-hydrogen) atoms. The standard InChI is InChI=1S/C15H16N2O3/c1-2-16-10-6-9-13(16)15(20)17(11-14(18)19)12-7-4-3-5-8-12/h3-10H,2,11H2,1H3,(H,18,19). The van der Waals surface area contributed by atoms with Gasteiger partial charge in [0.1, 0.15) is 12.2 Å². The van der Waals surface area contributed by atoms with Crippen LogP contribution >= 0.6 is 0 Å². The summed E-state index contributed by atoms with van der Waals surface area (Å²) in [5.74, 6) is -1.36. The third-order valence-corrected chi connectivity index (χ3v) is 3.00. The van der Waals surface area contributed by atoms with Crippen LogP contribution in [0.4, 0.5) is 5.69 Å². The summed E-state index contributed by atoms with van der Waals surface area (Å²) in [5.41, 5.74) is 1.06. The van der Waals surface area contributed by atoms with Crippen molar-refractivity contribution in [1.82, 2.24) is 4.57 Å². The van der Waals surface area contributed by atoms with Crippen LogP contribution in [-0.2, 0) is 11.3 Å². The zero-order valence-corrected chi connectivity index (χ0v) is 11.2. The molecule has 1 aromatic heterocycles. The number of aromatic nitrogens is 1. The molecule has 1 amide bonds. The number of aliphatic carboxylic acids is 1. The highest BCUT2D eigenvalue weighted by atomic mass is 16.4. The van der Waals surface area contributed by atoms with Crippen LogP contribution in [0.15, 0.2) is 48.7 Å². The van der Waals surface area contributed by atoms with E-state index in [9.17, 15) is 9.59 Å². The lowest BCUT2D eigenvalue weighted by Crippen LogP contribution is -2.36. The molecule has 0 atom stereocenters. The number of para-hydroxylation sites is 1. The second-order valence-corrected chi connectivity index (χ2v) is 4.30. The first-order chi connectivity index (χ1) is 9.63. The van der Waals surface area contributed by atoms with E-state index >= 15 is 0 Å². The Labute approximate surface area is 117 Å². The summed E-state index contributed by atoms with van der Waals surface area (Å²) < 4.78 is 1.79. The molecule has 1 aromatic carbocycles. The van der Waals surface area contributed by atoms with E-state index in [4.69, 9.17) is 5.11 Å². The van der Waals surface area contributed by atoms with Gasteiger partial charge in [-0.05, 0) is 31.2 Å². The third-order valence-electron chi connectivity index (χ3n) is 3.00. The average Bonchev–Trinajstić information content (AvgIpc) is 2.93. The molecule has 104 valence electrons. The van der Waals surface area contributed by atoms with Crippen LogP contribution in [0.5, 0.6) is 0 Å². The molecule has 0 bridgehead atoms. The summed E-state index contributed by atoms with van der Waals surface area (Å²) >= 11 is 0. The third kappa shape index (κ3) is 2.88. The Morgan fingerprint density at radius 1 is 1.15 bits per heavy atom. The van der Waals surface area contributed by atoms with Crippen LogP contribution in [0.3, 0.4) is 0 Å². The first-order valence-electron chi connectivity index (χ1n) is 6.37. The Balaban J connectivity index is 2.37. The van der Waals surface area contributed by atoms with E-state index in [2.05, 4.69) is 0 Å². The molecule has 0 aliphatic heterocycles. The minimum absolute atomic E-state index is 0.314. The van der Waals surface area contributed by atoms with Gasteiger partial charge in [-0.2, -0.15) is 0 Å². The first kappa shape index (κ1) is 13.9. The van der Waals surface area contributed by atoms with Crippen LogP contribution < -0.4 is 4.90 Å². The highest BCUT2D eigenvalue weighted by Gasteiger charge is 2.22. The fourth-order valence-electron chi connectivity index (χ4n) is 2.05. The summed E-state index contributed by atoms with van der Waals surface area (Å²) in [7, 11) is 0. The van der Waals surface area contributed by atoms with Crippen molar-refractivity contribution < 1.29 is 14.7 Å². The molecule has 0 spiro atoms. The minimum atomic E-state index is -1.04. The van der Waals surface area contributed by atoms with E-state index in [0.717, 1.165) is 0 Å². The zero-order valence-electron chi connectivity index (χ0n) is 11.2. The topological polar surface area (TPSA) is 62.5 Å². The Morgan fingerprint density at radius 3 is 2.45 bits per heavy atom. The lowest BCUT2D eigenvalue weighted by molar-refractivity contribution is -0.135. The molecule has 1 N–H and O–H groups in total. The van der Waals surface area contributed by atoms with Gasteiger partial charge in [-0.1, -0.05) is 18.2 Å². The van der Waals surface area contributed by atoms with Gasteiger partial charge >= 0.3 is 5.97 Å². The lowest BCUT2D eigenvalue weighted by Gasteiger charge is -2.21. The van der Waals surface area contributed by atoms with Crippen molar-refractivity contribution in [3.63, 3.8) is 0 Å². The summed E-state index contributed by atoms with van der Waals surface area (Å²) in [5, 5.41) is 9.02. The van der Waals surface area contributed by atoms with Crippen LogP contribution in [0.25, 0.3) is 0 Å². The van der Waals surface area contributed by atoms with Crippen molar-refractivity contribution in [3.8, 4) is 0 Å². The predicted molar refractivity (Wildman–Crippen MR) is 75.9 cm³/mol. The molecule has 1 heterocycles. The van der Waals surface area contributed by atoms with Crippen molar-refractivity contribution in [1.29, 1.82) is 0 Å². The van der Waals surface area contributed by atoms with E-state index in [0.29, 0.717) is 17.9 Å². The molecule has 5 nitrogen and oxygen atoms in total. The molecule has 0 fully saturated rings. The number of hydrogen-bond donors (Lipinski definition) is 1. The number of rotatable bonds is 5. The zero-order chi connectivity index (χ0) is 14.5. The molecule has 0 unspecified atom stereocenters. The van der Waals surface area contributed by atoms with Gasteiger partial charge in [-0.3, -0.25) is 14.5 Å². The van der Waals surface area contributed by atoms with Crippen molar-refractivity contribution in [3.05, 3.63) is 54.4 Å². The summed E-state index contributed by atoms with van der Waals surface area (Å²) in [4.78, 5) is 24.8. The molecule has 0 saturated carbocycles. The molecular formula is C15H16N2O3. The van der Waals surface area contributed by atoms with Gasteiger partial charge in [0.15, 0.2) is 0 Å². The maximum absolute atomic E-state index is 12.6. The van der Waals surface area contributed by atoms with E-state index in [1.807, 2.05) is 13.0 Å². The van der Waals surface area contributed by atoms with Gasteiger partial charge in [0.2, 0.25) is 0 Å². The number of hydrogen-bond acceptors (Lipinski definition) is 2. The fraction of sp³-hybridized carbons (Fsp3) is 0.200. The Kier molecular flexibility index (Phi) is 4.20. The number of benzene rings is 1. The number of aryl methyl sites for hydroxylation is 1. The molecule has 0 saturated heterocycles. The molecule has 5 heteroatoms. The number of amides is 1. The molecule has 0 aliphatic carbocycles. The largest absolute Gasteiger partial charge is 0.480 e. The second kappa shape index (κ2) is 6.06. The van der Waals surface area contributed by atoms with Gasteiger partial charge in [0.05, 0.1) is 0 Å². The second-order valence-electron chi connectivity index (χ2n) is 4.30. The van der Waals surface area contributed by atoms with E-state index < -0.39 is 5.97 Å². The van der Waals surface area contributed by atoms with Gasteiger partial charge in [0.25, 0.3) is 5.91 Å². The quantitative estimate of drug-likeness (QED) is 0.908. The fourth-order valence-corrected chi connectivity index (χ4v) is 2.05. The predicted octanol–water partition coefficient (Wildman–Crippen LogP) is 2.24. The van der Waals surface area contributed by atoms with Crippen LogP contribution in [-0.4, -0.2) is 28.1 Å². The average molecular weight is 272 g/mol. The van der Waals surface area contributed by atoms with Gasteiger partial charge in [-0.25, -0.2) is 0 Å². The van der Waals surface area contributed by atoms with Gasteiger partial charge in [-0.15, -0.1) is 0 Å². The van der Waals surface area contributed by atoms with E-state index in [-0.39, 0.29) is 12.5 Å². The van der Waals surface area contributed by atoms with Crippen LogP contribution in [0.2, 0.25) is 0 Å². The lowest BCUT2D eigenvalue weighted by atomic mass is 10.2. The summed E-state index contributed by atoms with van der Waals surface area (Å²) in [6.07, 6.45) is 1.80. The maximum Gasteiger partial charge on any atom is 0.323 e. The van der Waals surface area contributed by atoms with E-state index in [1.54, 1.807) is 47.2 Å². The number of carbonyl (C=O) groups excluding carboxylic acids is 1. The van der Waals surface area contributed by atoms with Crippen molar-refractivity contribution in [2.45, 2.75) is 13.5 Å². The first-order valence-corrected chi connectivity index (χ1v) is 6.37. The number of carboxylic acid groups (broad SMARTS) is 1. The van der Waals surface area contributed by atoms with Crippen molar-refractivity contribution in [2.24, 2.45) is 0 Å². The molecule has 0 aliphatic rings. The number of carbonyl (C=O) groups is 2. The molecule has 2 aromatic rings. The monoisotopic (exact) mass is 272 g/mol. The Bertz CT molecular complexity index is 605. The van der Waals surface area contributed by atoms with Crippen molar-refractivity contribution in [2.75, 3.05) is 11.4 Å². The van der Waals surface area contributed by atoms with E-state index in [1.165, 1.54) is 4.90 Å². The normalized spacial score (nSPS) is 10.2. The highest BCUT2D eigenvalue weighted by molar-refractivity contribution is 6.07. The number of carboxylic acids is 1. The number of nitrogens with zero attached hydrogens (tertiary/aromatic N) is 2. The van der Waals surface area contributed by atoms with Crippen LogP contribution in [0, 0.1) is 0 Å². The Morgan fingerprint density at radius 2 is 1.85 bits per heavy atom. The van der Waals surface area contributed by atoms with Gasteiger partial charge < -0.3 is 9.67 Å². The summed E-state index contributed by atoms with van der Waals surface area (Å²) in [6.45, 7) is 2.22. The summed E-state index contributed by atoms with van der Waals surface area (Å²) in [6, 6.07) is 12.3. The maximum atomic E-state index is 12.6. The molecular weight excluding hydrogens is 256 g/mol. The highest BCUT2D eigenvalue weighted by Crippen LogP contribution is 2.17. The van der Waals surface area contributed by atoms with Crippen LogP contribution in [0.1, 0.15) is 17.4 Å². The van der Waals surface area contributed by atoms with Crippen molar-refractivity contribution >= 4 is 17.6 Å². The number of anilines is 1. The molecule has 0 radical (unpaired) electrons. The minimum Gasteiger partial charge on any atom is -0.480 e. The van der Waals surface area contributed by atoms with Gasteiger partial charge in [0, 0.05) is 18.4 Å².